The van der Waals surface area contributed by atoms with Gasteiger partial charge in [0, 0.05) is 4.90 Å². The van der Waals surface area contributed by atoms with Crippen molar-refractivity contribution in [2.75, 3.05) is 0 Å². The van der Waals surface area contributed by atoms with Crippen molar-refractivity contribution < 1.29 is 27.6 Å². The maximum atomic E-state index is 10.8. The zero-order valence-electron chi connectivity index (χ0n) is 8.38. The molecule has 0 saturated carbocycles. The van der Waals surface area contributed by atoms with Gasteiger partial charge in [-0.25, -0.2) is 0 Å². The Bertz CT molecular complexity index is 313. The minimum Gasteiger partial charge on any atom is -0.768 e. The van der Waals surface area contributed by atoms with Gasteiger partial charge in [-0.15, -0.1) is 0 Å². The van der Waals surface area contributed by atoms with E-state index in [1.807, 2.05) is 32.9 Å². The van der Waals surface area contributed by atoms with E-state index in [0.29, 0.717) is 4.90 Å². The Balaban J connectivity index is 0.00000144. The van der Waals surface area contributed by atoms with Crippen LogP contribution in [0.4, 0.5) is 0 Å². The van der Waals surface area contributed by atoms with Crippen molar-refractivity contribution in [3.05, 3.63) is 28.8 Å². The molecule has 0 aliphatic heterocycles. The molecular weight excluding hydrogens is 179 g/mol. The second-order valence-corrected chi connectivity index (χ2v) is 3.84. The molecule has 66 valence electrons. The molecule has 0 radical (unpaired) electrons. The van der Waals surface area contributed by atoms with Gasteiger partial charge >= 0.3 is 18.9 Å². The van der Waals surface area contributed by atoms with Crippen LogP contribution < -0.4 is 18.9 Å². The van der Waals surface area contributed by atoms with Crippen LogP contribution in [0, 0.1) is 20.8 Å². The van der Waals surface area contributed by atoms with Crippen molar-refractivity contribution in [3.8, 4) is 0 Å². The summed E-state index contributed by atoms with van der Waals surface area (Å²) in [5, 5.41) is 0. The summed E-state index contributed by atoms with van der Waals surface area (Å²) in [7, 11) is 0. The van der Waals surface area contributed by atoms with Crippen LogP contribution in [-0.2, 0) is 11.1 Å². The number of hydrogen-bond acceptors (Lipinski definition) is 2. The SMILES string of the molecule is Cc1cc(C)c(S(=O)[O-])c(C)c1.[Li+]. The largest absolute Gasteiger partial charge is 1.00 e. The van der Waals surface area contributed by atoms with Crippen LogP contribution in [0.3, 0.4) is 0 Å². The van der Waals surface area contributed by atoms with E-state index in [4.69, 9.17) is 0 Å². The summed E-state index contributed by atoms with van der Waals surface area (Å²) in [6, 6.07) is 3.75. The monoisotopic (exact) mass is 190 g/mol. The molecule has 1 aromatic carbocycles. The van der Waals surface area contributed by atoms with Crippen molar-refractivity contribution >= 4 is 11.1 Å². The molecule has 0 saturated heterocycles. The van der Waals surface area contributed by atoms with Crippen LogP contribution in [0.15, 0.2) is 17.0 Å². The van der Waals surface area contributed by atoms with E-state index in [2.05, 4.69) is 0 Å². The molecule has 1 rings (SSSR count). The van der Waals surface area contributed by atoms with Crippen LogP contribution >= 0.6 is 0 Å². The minimum atomic E-state index is -2.11. The summed E-state index contributed by atoms with van der Waals surface area (Å²) in [5.74, 6) is 0. The fourth-order valence-corrected chi connectivity index (χ4v) is 2.07. The maximum absolute atomic E-state index is 10.8. The van der Waals surface area contributed by atoms with E-state index in [9.17, 15) is 8.76 Å². The topological polar surface area (TPSA) is 40.1 Å². The molecule has 0 fully saturated rings. The average Bonchev–Trinajstić information content (AvgIpc) is 1.82. The van der Waals surface area contributed by atoms with Crippen molar-refractivity contribution in [1.82, 2.24) is 0 Å². The van der Waals surface area contributed by atoms with Crippen LogP contribution in [0.1, 0.15) is 16.7 Å². The van der Waals surface area contributed by atoms with Crippen molar-refractivity contribution in [1.29, 1.82) is 0 Å². The molecule has 1 atom stereocenters. The van der Waals surface area contributed by atoms with E-state index in [-0.39, 0.29) is 18.9 Å². The molecule has 0 amide bonds. The van der Waals surface area contributed by atoms with Crippen molar-refractivity contribution in [3.63, 3.8) is 0 Å². The second kappa shape index (κ2) is 4.97. The van der Waals surface area contributed by atoms with Crippen molar-refractivity contribution in [2.45, 2.75) is 25.7 Å². The summed E-state index contributed by atoms with van der Waals surface area (Å²) >= 11 is -2.11. The zero-order valence-corrected chi connectivity index (χ0v) is 9.20. The standard InChI is InChI=1S/C9H12O2S.Li/c1-6-4-7(2)9(12(10)11)8(3)5-6;/h4-5H,1-3H3,(H,10,11);/q;+1/p-1. The smallest absolute Gasteiger partial charge is 0.768 e. The van der Waals surface area contributed by atoms with Gasteiger partial charge in [0.05, 0.1) is 0 Å². The van der Waals surface area contributed by atoms with Gasteiger partial charge in [-0.3, -0.25) is 4.21 Å². The molecule has 1 aromatic rings. The molecule has 4 heteroatoms. The van der Waals surface area contributed by atoms with E-state index < -0.39 is 11.1 Å². The van der Waals surface area contributed by atoms with Crippen LogP contribution in [0.25, 0.3) is 0 Å². The van der Waals surface area contributed by atoms with Gasteiger partial charge in [0.15, 0.2) is 0 Å². The van der Waals surface area contributed by atoms with Crippen LogP contribution in [0.5, 0.6) is 0 Å². The number of benzene rings is 1. The first-order chi connectivity index (χ1) is 5.52. The first kappa shape index (κ1) is 12.9. The van der Waals surface area contributed by atoms with E-state index >= 15 is 0 Å². The fraction of sp³-hybridized carbons (Fsp3) is 0.333. The Morgan fingerprint density at radius 1 is 1.15 bits per heavy atom. The molecule has 0 bridgehead atoms. The van der Waals surface area contributed by atoms with E-state index in [0.717, 1.165) is 16.7 Å². The normalized spacial score (nSPS) is 12.0. The van der Waals surface area contributed by atoms with Gasteiger partial charge in [-0.2, -0.15) is 0 Å². The summed E-state index contributed by atoms with van der Waals surface area (Å²) in [6.07, 6.45) is 0. The van der Waals surface area contributed by atoms with Crippen LogP contribution in [0.2, 0.25) is 0 Å². The maximum Gasteiger partial charge on any atom is 1.00 e. The third-order valence-electron chi connectivity index (χ3n) is 1.77. The summed E-state index contributed by atoms with van der Waals surface area (Å²) < 4.78 is 21.5. The van der Waals surface area contributed by atoms with Crippen molar-refractivity contribution in [2.24, 2.45) is 0 Å². The molecule has 0 aliphatic carbocycles. The first-order valence-corrected chi connectivity index (χ1v) is 4.77. The predicted octanol–water partition coefficient (Wildman–Crippen LogP) is -1.15. The number of rotatable bonds is 1. The van der Waals surface area contributed by atoms with Crippen LogP contribution in [-0.4, -0.2) is 8.76 Å². The molecule has 0 aliphatic rings. The van der Waals surface area contributed by atoms with E-state index in [1.165, 1.54) is 0 Å². The third-order valence-corrected chi connectivity index (χ3v) is 2.75. The second-order valence-electron chi connectivity index (χ2n) is 2.96. The first-order valence-electron chi connectivity index (χ1n) is 3.69. The van der Waals surface area contributed by atoms with Gasteiger partial charge in [0.25, 0.3) is 0 Å². The molecule has 2 nitrogen and oxygen atoms in total. The van der Waals surface area contributed by atoms with Gasteiger partial charge in [0.1, 0.15) is 0 Å². The molecule has 0 N–H and O–H groups in total. The Morgan fingerprint density at radius 3 is 1.85 bits per heavy atom. The van der Waals surface area contributed by atoms with Gasteiger partial charge in [-0.1, -0.05) is 17.7 Å². The van der Waals surface area contributed by atoms with E-state index in [1.54, 1.807) is 0 Å². The molecule has 0 aromatic heterocycles. The summed E-state index contributed by atoms with van der Waals surface area (Å²) in [6.45, 7) is 5.58. The Hall–Kier alpha value is -0.0726. The molecule has 13 heavy (non-hydrogen) atoms. The summed E-state index contributed by atoms with van der Waals surface area (Å²) in [5.41, 5.74) is 2.74. The molecule has 1 unspecified atom stereocenters. The van der Waals surface area contributed by atoms with Gasteiger partial charge in [-0.05, 0) is 43.0 Å². The molecule has 0 heterocycles. The Morgan fingerprint density at radius 2 is 1.54 bits per heavy atom. The quantitative estimate of drug-likeness (QED) is 0.414. The molecule has 0 spiro atoms. The molecular formula is C9H11LiO2S. The zero-order chi connectivity index (χ0) is 9.30. The number of aryl methyl sites for hydroxylation is 3. The van der Waals surface area contributed by atoms with Gasteiger partial charge in [0.2, 0.25) is 0 Å². The Labute approximate surface area is 93.2 Å². The predicted molar refractivity (Wildman–Crippen MR) is 47.8 cm³/mol. The minimum absolute atomic E-state index is 0. The average molecular weight is 190 g/mol. The van der Waals surface area contributed by atoms with Gasteiger partial charge < -0.3 is 4.55 Å². The number of hydrogen-bond donors (Lipinski definition) is 0. The summed E-state index contributed by atoms with van der Waals surface area (Å²) in [4.78, 5) is 0.431. The fourth-order valence-electron chi connectivity index (χ4n) is 1.43. The third kappa shape index (κ3) is 2.96. The Kier molecular flexibility index (Phi) is 4.94.